The number of aliphatic hydroxyl groups is 2. The number of benzene rings is 3. The Morgan fingerprint density at radius 2 is 1.66 bits per heavy atom. The number of imide groups is 2. The lowest BCUT2D eigenvalue weighted by molar-refractivity contribution is -0.204. The van der Waals surface area contributed by atoms with E-state index >= 15 is 0 Å². The second-order valence-corrected chi connectivity index (χ2v) is 16.4. The molecule has 5 atom stereocenters. The number of β-amino-alcohol motifs (C(OH)–C–C–N with tert-alkyl or cyclic N) is 1. The third-order valence-electron chi connectivity index (χ3n) is 12.0. The number of nitrogens with one attached hydrogen (secondary N) is 3. The van der Waals surface area contributed by atoms with Crippen LogP contribution in [0.3, 0.4) is 0 Å². The van der Waals surface area contributed by atoms with E-state index in [0.717, 1.165) is 24.0 Å². The molecule has 0 bridgehead atoms. The summed E-state index contributed by atoms with van der Waals surface area (Å²) in [5.41, 5.74) is 0.670. The summed E-state index contributed by atoms with van der Waals surface area (Å²) in [6, 6.07) is 11.0. The van der Waals surface area contributed by atoms with Crippen molar-refractivity contribution in [3.63, 3.8) is 0 Å². The van der Waals surface area contributed by atoms with E-state index in [-0.39, 0.29) is 94.3 Å². The first-order valence-corrected chi connectivity index (χ1v) is 21.7. The molecule has 3 aliphatic heterocycles. The molecule has 3 aromatic carbocycles. The standard InChI is InChI=1S/C45H50F4N6O12/c1-26(45(47,48)49)53(24-27-5-7-29(46)8-6-27)37(58)25-54-42(62)44(67-43(54)63)15-13-28-23-30(9-10-32(28)44)51-36(57)14-17-64-19-21-66-22-20-65-18-16-50-33-4-2-3-31-38(33)41(61)55(40(31)60)34-11-12-35(56)52-39(34)59/h2-10,23,26,34-35,37,50,56,58H,11-22,24-25H2,1H3,(H,51,57)(H,52,59)/t26-,34?,35?,37?,44+/m0/s1. The van der Waals surface area contributed by atoms with Crippen LogP contribution in [0.5, 0.6) is 0 Å². The molecule has 7 rings (SSSR count). The number of nitrogens with zero attached hydrogens (tertiary/aromatic N) is 3. The maximum Gasteiger partial charge on any atom is 0.418 e. The molecule has 3 unspecified atom stereocenters. The summed E-state index contributed by atoms with van der Waals surface area (Å²) >= 11 is 0. The Balaban J connectivity index is 0.784. The molecule has 3 aromatic rings. The van der Waals surface area contributed by atoms with Crippen LogP contribution in [0.2, 0.25) is 0 Å². The van der Waals surface area contributed by atoms with Gasteiger partial charge in [0.1, 0.15) is 30.4 Å². The van der Waals surface area contributed by atoms with E-state index < -0.39 is 84.9 Å². The molecule has 6 amide bonds. The predicted molar refractivity (Wildman–Crippen MR) is 226 cm³/mol. The van der Waals surface area contributed by atoms with Crippen LogP contribution in [-0.2, 0) is 51.9 Å². The number of halogens is 4. The molecular formula is C45H50F4N6O12. The largest absolute Gasteiger partial charge is 0.427 e. The highest BCUT2D eigenvalue weighted by Gasteiger charge is 2.59. The number of carbonyl (C=O) groups excluding carboxylic acids is 6. The number of piperidine rings is 1. The van der Waals surface area contributed by atoms with Gasteiger partial charge in [-0.25, -0.2) is 14.1 Å². The lowest BCUT2D eigenvalue weighted by Gasteiger charge is -2.35. The Morgan fingerprint density at radius 3 is 2.36 bits per heavy atom. The number of aliphatic hydroxyl groups excluding tert-OH is 2. The number of hydrogen-bond donors (Lipinski definition) is 5. The predicted octanol–water partition coefficient (Wildman–Crippen LogP) is 3.40. The molecule has 1 spiro atoms. The lowest BCUT2D eigenvalue weighted by Crippen LogP contribution is -2.55. The molecule has 1 aliphatic carbocycles. The second kappa shape index (κ2) is 20.9. The topological polar surface area (TPSA) is 226 Å². The Hall–Kier alpha value is -6.04. The minimum absolute atomic E-state index is 0.0120. The molecule has 4 aliphatic rings. The van der Waals surface area contributed by atoms with Crippen LogP contribution >= 0.6 is 0 Å². The van der Waals surface area contributed by atoms with Gasteiger partial charge in [-0.15, -0.1) is 0 Å². The summed E-state index contributed by atoms with van der Waals surface area (Å²) in [4.78, 5) is 80.4. The molecule has 0 aromatic heterocycles. The first kappa shape index (κ1) is 48.9. The number of rotatable bonds is 21. The van der Waals surface area contributed by atoms with Crippen LogP contribution < -0.4 is 16.0 Å². The van der Waals surface area contributed by atoms with Crippen molar-refractivity contribution in [3.05, 3.63) is 94.3 Å². The Bertz CT molecular complexity index is 2360. The molecule has 360 valence electrons. The number of aryl methyl sites for hydroxylation is 1. The molecule has 18 nitrogen and oxygen atoms in total. The molecule has 22 heteroatoms. The molecule has 67 heavy (non-hydrogen) atoms. The zero-order chi connectivity index (χ0) is 48.0. The van der Waals surface area contributed by atoms with Gasteiger partial charge in [0.25, 0.3) is 17.7 Å². The molecule has 2 saturated heterocycles. The van der Waals surface area contributed by atoms with Gasteiger partial charge in [-0.1, -0.05) is 24.3 Å². The van der Waals surface area contributed by atoms with Crippen LogP contribution in [0.25, 0.3) is 0 Å². The van der Waals surface area contributed by atoms with Crippen molar-refractivity contribution in [1.29, 1.82) is 0 Å². The fourth-order valence-electron chi connectivity index (χ4n) is 8.46. The third kappa shape index (κ3) is 10.9. The van der Waals surface area contributed by atoms with Crippen molar-refractivity contribution >= 4 is 47.0 Å². The van der Waals surface area contributed by atoms with E-state index in [0.29, 0.717) is 38.8 Å². The van der Waals surface area contributed by atoms with Gasteiger partial charge < -0.3 is 45.1 Å². The number of alkyl halides is 3. The van der Waals surface area contributed by atoms with Crippen LogP contribution in [-0.4, -0.2) is 144 Å². The number of anilines is 2. The summed E-state index contributed by atoms with van der Waals surface area (Å²) in [5.74, 6) is -3.54. The minimum atomic E-state index is -4.78. The van der Waals surface area contributed by atoms with Gasteiger partial charge in [0.05, 0.1) is 63.7 Å². The monoisotopic (exact) mass is 942 g/mol. The fourth-order valence-corrected chi connectivity index (χ4v) is 8.46. The van der Waals surface area contributed by atoms with Gasteiger partial charge in [-0.3, -0.25) is 33.8 Å². The Morgan fingerprint density at radius 1 is 0.955 bits per heavy atom. The summed E-state index contributed by atoms with van der Waals surface area (Å²) in [5, 5.41) is 28.9. The first-order valence-electron chi connectivity index (χ1n) is 21.7. The van der Waals surface area contributed by atoms with Crippen molar-refractivity contribution in [1.82, 2.24) is 20.0 Å². The fraction of sp³-hybridized carbons (Fsp3) is 0.467. The second-order valence-electron chi connectivity index (χ2n) is 16.4. The zero-order valence-corrected chi connectivity index (χ0v) is 36.3. The summed E-state index contributed by atoms with van der Waals surface area (Å²) in [6.07, 6.45) is -8.18. The average Bonchev–Trinajstić information content (AvgIpc) is 3.86. The number of carbonyl (C=O) groups is 6. The van der Waals surface area contributed by atoms with Crippen molar-refractivity contribution in [3.8, 4) is 0 Å². The van der Waals surface area contributed by atoms with Gasteiger partial charge in [-0.2, -0.15) is 13.2 Å². The number of fused-ring (bicyclic) bond motifs is 3. The van der Waals surface area contributed by atoms with E-state index in [9.17, 15) is 56.5 Å². The average molecular weight is 943 g/mol. The van der Waals surface area contributed by atoms with E-state index in [1.54, 1.807) is 18.2 Å². The number of ether oxygens (including phenoxy) is 4. The highest BCUT2D eigenvalue weighted by molar-refractivity contribution is 6.25. The van der Waals surface area contributed by atoms with Gasteiger partial charge in [0.15, 0.2) is 0 Å². The van der Waals surface area contributed by atoms with Crippen molar-refractivity contribution < 1.29 is 75.5 Å². The minimum Gasteiger partial charge on any atom is -0.427 e. The van der Waals surface area contributed by atoms with E-state index in [2.05, 4.69) is 16.0 Å². The zero-order valence-electron chi connectivity index (χ0n) is 36.3. The Labute approximate surface area is 381 Å². The molecule has 0 radical (unpaired) electrons. The van der Waals surface area contributed by atoms with Crippen molar-refractivity contribution in [2.75, 3.05) is 63.4 Å². The van der Waals surface area contributed by atoms with Gasteiger partial charge in [0, 0.05) is 36.4 Å². The van der Waals surface area contributed by atoms with E-state index in [1.165, 1.54) is 30.3 Å². The SMILES string of the molecule is C[C@H](N(Cc1ccc(F)cc1)C(O)CN1C(=O)O[C@@]2(CCc3cc(NC(=O)CCOCCOCCOCCNc4cccc5c4C(=O)N(C4CCC(O)NC4=O)C5=O)ccc32)C1=O)C(F)(F)F. The summed E-state index contributed by atoms with van der Waals surface area (Å²) < 4.78 is 77.2. The van der Waals surface area contributed by atoms with Crippen molar-refractivity contribution in [2.45, 2.75) is 81.9 Å². The molecular weight excluding hydrogens is 893 g/mol. The molecule has 5 N–H and O–H groups in total. The summed E-state index contributed by atoms with van der Waals surface area (Å²) in [6.45, 7) is 1.16. The van der Waals surface area contributed by atoms with Crippen LogP contribution in [0.4, 0.5) is 33.7 Å². The first-order chi connectivity index (χ1) is 32.0. The highest BCUT2D eigenvalue weighted by atomic mass is 19.4. The number of hydrogen-bond acceptors (Lipinski definition) is 14. The van der Waals surface area contributed by atoms with E-state index in [4.69, 9.17) is 18.9 Å². The van der Waals surface area contributed by atoms with Gasteiger partial charge >= 0.3 is 12.3 Å². The normalized spacial score (nSPS) is 21.2. The molecule has 3 heterocycles. The van der Waals surface area contributed by atoms with Gasteiger partial charge in [0.2, 0.25) is 17.4 Å². The molecule has 0 saturated carbocycles. The lowest BCUT2D eigenvalue weighted by atomic mass is 9.94. The number of amides is 6. The van der Waals surface area contributed by atoms with Crippen LogP contribution in [0.1, 0.15) is 70.0 Å². The van der Waals surface area contributed by atoms with Gasteiger partial charge in [-0.05, 0) is 73.7 Å². The van der Waals surface area contributed by atoms with Crippen LogP contribution in [0.15, 0.2) is 60.7 Å². The maximum atomic E-state index is 13.8. The quantitative estimate of drug-likeness (QED) is 0.0447. The van der Waals surface area contributed by atoms with Crippen molar-refractivity contribution in [2.24, 2.45) is 0 Å². The summed E-state index contributed by atoms with van der Waals surface area (Å²) in [7, 11) is 0. The highest BCUT2D eigenvalue weighted by Crippen LogP contribution is 2.46. The van der Waals surface area contributed by atoms with E-state index in [1.807, 2.05) is 0 Å². The third-order valence-corrected chi connectivity index (χ3v) is 12.0. The molecule has 2 fully saturated rings. The smallest absolute Gasteiger partial charge is 0.418 e. The maximum absolute atomic E-state index is 13.8. The Kier molecular flexibility index (Phi) is 15.2. The van der Waals surface area contributed by atoms with Crippen LogP contribution in [0, 0.1) is 5.82 Å².